The van der Waals surface area contributed by atoms with E-state index in [4.69, 9.17) is 14.1 Å². The summed E-state index contributed by atoms with van der Waals surface area (Å²) < 4.78 is 14.0. The molecule has 0 bridgehead atoms. The second kappa shape index (κ2) is 11.0. The van der Waals surface area contributed by atoms with Gasteiger partial charge in [-0.3, -0.25) is 9.59 Å². The number of ether oxygens (including phenoxy) is 1. The van der Waals surface area contributed by atoms with Crippen LogP contribution in [0.4, 0.5) is 5.69 Å². The van der Waals surface area contributed by atoms with Crippen LogP contribution >= 0.6 is 15.9 Å². The van der Waals surface area contributed by atoms with E-state index in [9.17, 15) is 9.59 Å². The van der Waals surface area contributed by atoms with Gasteiger partial charge < -0.3 is 14.5 Å². The average molecular weight is 593 g/mol. The number of nitrogens with one attached hydrogen (secondary N) is 1. The molecule has 0 aliphatic heterocycles. The number of anilines is 1. The van der Waals surface area contributed by atoms with Crippen molar-refractivity contribution in [1.82, 2.24) is 9.66 Å². The molecule has 4 aromatic carbocycles. The highest BCUT2D eigenvalue weighted by Crippen LogP contribution is 2.29. The minimum absolute atomic E-state index is 0.197. The van der Waals surface area contributed by atoms with Crippen LogP contribution in [0.25, 0.3) is 33.5 Å². The lowest BCUT2D eigenvalue weighted by Gasteiger charge is -2.10. The van der Waals surface area contributed by atoms with Gasteiger partial charge in [0.05, 0.1) is 17.1 Å². The number of furan rings is 1. The molecular formula is C31H21BrN4O4. The number of hydrogen-bond donors (Lipinski definition) is 1. The Morgan fingerprint density at radius 1 is 0.975 bits per heavy atom. The fraction of sp³-hybridized carbons (Fsp3) is 0.0323. The number of hydrogen-bond acceptors (Lipinski definition) is 6. The number of carbonyl (C=O) groups is 1. The molecule has 0 unspecified atom stereocenters. The lowest BCUT2D eigenvalue weighted by Crippen LogP contribution is -2.21. The maximum absolute atomic E-state index is 13.6. The van der Waals surface area contributed by atoms with Crippen LogP contribution in [0.5, 0.6) is 5.75 Å². The highest BCUT2D eigenvalue weighted by molar-refractivity contribution is 9.10. The summed E-state index contributed by atoms with van der Waals surface area (Å²) in [5.41, 5.74) is 2.10. The van der Waals surface area contributed by atoms with Crippen LogP contribution in [0, 0.1) is 0 Å². The standard InChI is InChI=1S/C31H21BrN4O4/c32-22-14-15-27-21(16-22)17-28(40-27)30-35-25-12-6-5-11-24(25)31(38)36(30)33-18-20-8-4-7-13-26(20)39-19-29(37)34-23-9-2-1-3-10-23/h1-18H,19H2,(H,34,37). The molecule has 2 heterocycles. The second-order valence-corrected chi connectivity index (χ2v) is 9.76. The van der Waals surface area contributed by atoms with Crippen molar-refractivity contribution in [2.75, 3.05) is 11.9 Å². The summed E-state index contributed by atoms with van der Waals surface area (Å²) in [6, 6.07) is 30.8. The molecule has 196 valence electrons. The van der Waals surface area contributed by atoms with Gasteiger partial charge in [0.25, 0.3) is 11.5 Å². The molecule has 0 fully saturated rings. The number of halogens is 1. The minimum Gasteiger partial charge on any atom is -0.483 e. The molecule has 8 nitrogen and oxygen atoms in total. The van der Waals surface area contributed by atoms with Crippen molar-refractivity contribution in [2.24, 2.45) is 5.10 Å². The molecule has 0 saturated heterocycles. The van der Waals surface area contributed by atoms with Crippen molar-refractivity contribution in [3.05, 3.63) is 124 Å². The van der Waals surface area contributed by atoms with Crippen molar-refractivity contribution >= 4 is 55.6 Å². The Bertz CT molecular complexity index is 1950. The molecule has 0 radical (unpaired) electrons. The Hall–Kier alpha value is -5.02. The van der Waals surface area contributed by atoms with Crippen molar-refractivity contribution in [3.63, 3.8) is 0 Å². The molecule has 6 aromatic rings. The van der Waals surface area contributed by atoms with Gasteiger partial charge in [-0.05, 0) is 60.7 Å². The van der Waals surface area contributed by atoms with E-state index in [1.165, 1.54) is 10.9 Å². The lowest BCUT2D eigenvalue weighted by atomic mass is 10.2. The van der Waals surface area contributed by atoms with Crippen LogP contribution in [0.1, 0.15) is 5.56 Å². The third-order valence-corrected chi connectivity index (χ3v) is 6.59. The molecule has 40 heavy (non-hydrogen) atoms. The number of carbonyl (C=O) groups excluding carboxylic acids is 1. The van der Waals surface area contributed by atoms with Gasteiger partial charge >= 0.3 is 0 Å². The molecule has 0 atom stereocenters. The predicted molar refractivity (Wildman–Crippen MR) is 159 cm³/mol. The van der Waals surface area contributed by atoms with Crippen molar-refractivity contribution in [1.29, 1.82) is 0 Å². The van der Waals surface area contributed by atoms with Gasteiger partial charge in [-0.25, -0.2) is 4.98 Å². The lowest BCUT2D eigenvalue weighted by molar-refractivity contribution is -0.118. The third-order valence-electron chi connectivity index (χ3n) is 6.10. The largest absolute Gasteiger partial charge is 0.483 e. The van der Waals surface area contributed by atoms with Gasteiger partial charge in [0.2, 0.25) is 5.82 Å². The first-order valence-electron chi connectivity index (χ1n) is 12.4. The fourth-order valence-electron chi connectivity index (χ4n) is 4.22. The summed E-state index contributed by atoms with van der Waals surface area (Å²) in [7, 11) is 0. The Morgan fingerprint density at radius 3 is 2.62 bits per heavy atom. The van der Waals surface area contributed by atoms with E-state index in [-0.39, 0.29) is 23.9 Å². The zero-order valence-corrected chi connectivity index (χ0v) is 22.5. The van der Waals surface area contributed by atoms with E-state index < -0.39 is 0 Å². The smallest absolute Gasteiger partial charge is 0.282 e. The second-order valence-electron chi connectivity index (χ2n) is 8.85. The first-order chi connectivity index (χ1) is 19.5. The van der Waals surface area contributed by atoms with Crippen LogP contribution in [-0.2, 0) is 4.79 Å². The maximum Gasteiger partial charge on any atom is 0.282 e. The van der Waals surface area contributed by atoms with Crippen LogP contribution < -0.4 is 15.6 Å². The quantitative estimate of drug-likeness (QED) is 0.214. The van der Waals surface area contributed by atoms with Crippen LogP contribution in [0.15, 0.2) is 122 Å². The number of aromatic nitrogens is 2. The van der Waals surface area contributed by atoms with Gasteiger partial charge in [-0.1, -0.05) is 58.4 Å². The normalized spacial score (nSPS) is 11.3. The van der Waals surface area contributed by atoms with E-state index in [2.05, 4.69) is 26.3 Å². The van der Waals surface area contributed by atoms with E-state index >= 15 is 0 Å². The van der Waals surface area contributed by atoms with Crippen molar-refractivity contribution < 1.29 is 13.9 Å². The first-order valence-corrected chi connectivity index (χ1v) is 13.2. The highest BCUT2D eigenvalue weighted by atomic mass is 79.9. The monoisotopic (exact) mass is 592 g/mol. The number of benzene rings is 4. The van der Waals surface area contributed by atoms with E-state index in [0.29, 0.717) is 39.2 Å². The Morgan fingerprint density at radius 2 is 1.75 bits per heavy atom. The molecule has 6 rings (SSSR count). The minimum atomic E-state index is -0.348. The molecule has 2 aromatic heterocycles. The molecule has 1 amide bonds. The summed E-state index contributed by atoms with van der Waals surface area (Å²) in [6.45, 7) is -0.197. The third kappa shape index (κ3) is 5.27. The molecular weight excluding hydrogens is 572 g/mol. The predicted octanol–water partition coefficient (Wildman–Crippen LogP) is 6.47. The number of nitrogens with zero attached hydrogens (tertiary/aromatic N) is 3. The molecule has 0 aliphatic rings. The Balaban J connectivity index is 1.35. The van der Waals surface area contributed by atoms with Gasteiger partial charge in [-0.15, -0.1) is 0 Å². The summed E-state index contributed by atoms with van der Waals surface area (Å²) >= 11 is 3.48. The molecule has 1 N–H and O–H groups in total. The maximum atomic E-state index is 13.6. The van der Waals surface area contributed by atoms with E-state index in [1.807, 2.05) is 54.6 Å². The zero-order valence-electron chi connectivity index (χ0n) is 21.0. The van der Waals surface area contributed by atoms with E-state index in [0.717, 1.165) is 9.86 Å². The SMILES string of the molecule is O=C(COc1ccccc1C=Nn1c(-c2cc3cc(Br)ccc3o2)nc2ccccc2c1=O)Nc1ccccc1. The number of rotatable bonds is 7. The van der Waals surface area contributed by atoms with Gasteiger partial charge in [0.15, 0.2) is 12.4 Å². The van der Waals surface area contributed by atoms with Gasteiger partial charge in [0, 0.05) is 21.1 Å². The van der Waals surface area contributed by atoms with E-state index in [1.54, 1.807) is 48.5 Å². The molecule has 0 spiro atoms. The Labute approximate surface area is 236 Å². The van der Waals surface area contributed by atoms with Crippen molar-refractivity contribution in [2.45, 2.75) is 0 Å². The highest BCUT2D eigenvalue weighted by Gasteiger charge is 2.17. The summed E-state index contributed by atoms with van der Waals surface area (Å²) in [5.74, 6) is 0.793. The summed E-state index contributed by atoms with van der Waals surface area (Å²) in [4.78, 5) is 30.7. The molecule has 0 saturated carbocycles. The van der Waals surface area contributed by atoms with Crippen molar-refractivity contribution in [3.8, 4) is 17.3 Å². The fourth-order valence-corrected chi connectivity index (χ4v) is 4.59. The zero-order chi connectivity index (χ0) is 27.5. The van der Waals surface area contributed by atoms with Crippen LogP contribution in [0.2, 0.25) is 0 Å². The summed E-state index contributed by atoms with van der Waals surface area (Å²) in [5, 5.41) is 8.58. The summed E-state index contributed by atoms with van der Waals surface area (Å²) in [6.07, 6.45) is 1.50. The molecule has 9 heteroatoms. The van der Waals surface area contributed by atoms with Crippen LogP contribution in [-0.4, -0.2) is 28.4 Å². The number of fused-ring (bicyclic) bond motifs is 2. The number of amides is 1. The molecule has 0 aliphatic carbocycles. The van der Waals surface area contributed by atoms with Gasteiger partial charge in [-0.2, -0.15) is 9.78 Å². The first kappa shape index (κ1) is 25.3. The Kier molecular flexibility index (Phi) is 6.95. The number of para-hydroxylation sites is 3. The topological polar surface area (TPSA) is 98.7 Å². The average Bonchev–Trinajstić information content (AvgIpc) is 3.39. The van der Waals surface area contributed by atoms with Crippen LogP contribution in [0.3, 0.4) is 0 Å². The van der Waals surface area contributed by atoms with Gasteiger partial charge in [0.1, 0.15) is 11.3 Å².